The number of nitrogens with one attached hydrogen (secondary N) is 1. The van der Waals surface area contributed by atoms with Crippen LogP contribution in [0.25, 0.3) is 0 Å². The van der Waals surface area contributed by atoms with E-state index in [-0.39, 0.29) is 36.4 Å². The van der Waals surface area contributed by atoms with Gasteiger partial charge in [0.1, 0.15) is 0 Å². The van der Waals surface area contributed by atoms with E-state index < -0.39 is 14.9 Å². The smallest absolute Gasteiger partial charge is 0.269 e. The van der Waals surface area contributed by atoms with Crippen LogP contribution in [-0.4, -0.2) is 25.9 Å². The summed E-state index contributed by atoms with van der Waals surface area (Å²) in [5, 5.41) is 10.4. The van der Waals surface area contributed by atoms with Crippen molar-refractivity contribution in [3.63, 3.8) is 0 Å². The molecule has 1 atom stereocenters. The van der Waals surface area contributed by atoms with Crippen LogP contribution in [-0.2, 0) is 15.8 Å². The molecular formula is C10H16ClN3O4S. The number of hydrogen-bond acceptors (Lipinski definition) is 5. The molecular weight excluding hydrogens is 294 g/mol. The number of nitrogens with two attached hydrogens (primary N) is 1. The topological polar surface area (TPSA) is 115 Å². The van der Waals surface area contributed by atoms with Crippen LogP contribution in [0.15, 0.2) is 24.3 Å². The van der Waals surface area contributed by atoms with E-state index in [0.717, 1.165) is 0 Å². The molecule has 0 saturated heterocycles. The van der Waals surface area contributed by atoms with Crippen molar-refractivity contribution in [3.05, 3.63) is 39.9 Å². The third-order valence-corrected chi connectivity index (χ3v) is 3.71. The van der Waals surface area contributed by atoms with E-state index in [1.807, 2.05) is 0 Å². The van der Waals surface area contributed by atoms with Gasteiger partial charge in [0, 0.05) is 24.7 Å². The second kappa shape index (κ2) is 7.39. The van der Waals surface area contributed by atoms with Crippen molar-refractivity contribution in [2.45, 2.75) is 18.7 Å². The van der Waals surface area contributed by atoms with Gasteiger partial charge in [-0.25, -0.2) is 13.1 Å². The molecule has 0 amide bonds. The fourth-order valence-electron chi connectivity index (χ4n) is 1.33. The van der Waals surface area contributed by atoms with E-state index in [1.54, 1.807) is 6.92 Å². The van der Waals surface area contributed by atoms with E-state index in [1.165, 1.54) is 24.3 Å². The number of rotatable bonds is 6. The van der Waals surface area contributed by atoms with Crippen molar-refractivity contribution < 1.29 is 13.3 Å². The lowest BCUT2D eigenvalue weighted by Gasteiger charge is -2.11. The van der Waals surface area contributed by atoms with Crippen molar-refractivity contribution in [2.24, 2.45) is 5.73 Å². The third-order valence-electron chi connectivity index (χ3n) is 2.24. The molecule has 7 nitrogen and oxygen atoms in total. The van der Waals surface area contributed by atoms with Gasteiger partial charge in [-0.2, -0.15) is 0 Å². The monoisotopic (exact) mass is 309 g/mol. The Morgan fingerprint density at radius 2 is 1.89 bits per heavy atom. The Morgan fingerprint density at radius 3 is 2.32 bits per heavy atom. The molecule has 0 heterocycles. The summed E-state index contributed by atoms with van der Waals surface area (Å²) in [6.45, 7) is 1.87. The molecule has 0 spiro atoms. The van der Waals surface area contributed by atoms with Crippen molar-refractivity contribution in [1.82, 2.24) is 4.72 Å². The van der Waals surface area contributed by atoms with Crippen LogP contribution in [0.1, 0.15) is 12.5 Å². The summed E-state index contributed by atoms with van der Waals surface area (Å²) in [6.07, 6.45) is 0. The Hall–Kier alpha value is -1.22. The summed E-state index contributed by atoms with van der Waals surface area (Å²) in [5.74, 6) is -0.227. The molecule has 3 N–H and O–H groups in total. The molecule has 1 aromatic rings. The SMILES string of the molecule is C[C@@H](CN)NS(=O)(=O)Cc1ccc([N+](=O)[O-])cc1.Cl. The fraction of sp³-hybridized carbons (Fsp3) is 0.400. The number of nitro groups is 1. The molecule has 0 aromatic heterocycles. The van der Waals surface area contributed by atoms with Crippen LogP contribution < -0.4 is 10.5 Å². The third kappa shape index (κ3) is 5.97. The first-order chi connectivity index (χ1) is 8.34. The average molecular weight is 310 g/mol. The van der Waals surface area contributed by atoms with Crippen LogP contribution >= 0.6 is 12.4 Å². The molecule has 1 aromatic carbocycles. The van der Waals surface area contributed by atoms with E-state index in [0.29, 0.717) is 5.56 Å². The van der Waals surface area contributed by atoms with E-state index in [4.69, 9.17) is 5.73 Å². The molecule has 0 bridgehead atoms. The van der Waals surface area contributed by atoms with Gasteiger partial charge in [-0.3, -0.25) is 10.1 Å². The maximum atomic E-state index is 11.7. The number of benzene rings is 1. The summed E-state index contributed by atoms with van der Waals surface area (Å²) in [4.78, 5) is 9.91. The second-order valence-corrected chi connectivity index (χ2v) is 5.69. The number of hydrogen-bond donors (Lipinski definition) is 2. The van der Waals surface area contributed by atoms with Gasteiger partial charge < -0.3 is 5.73 Å². The van der Waals surface area contributed by atoms with Gasteiger partial charge in [0.25, 0.3) is 5.69 Å². The lowest BCUT2D eigenvalue weighted by molar-refractivity contribution is -0.384. The molecule has 1 rings (SSSR count). The molecule has 9 heteroatoms. The first-order valence-corrected chi connectivity index (χ1v) is 6.92. The van der Waals surface area contributed by atoms with Crippen LogP contribution in [0.5, 0.6) is 0 Å². The highest BCUT2D eigenvalue weighted by atomic mass is 35.5. The highest BCUT2D eigenvalue weighted by molar-refractivity contribution is 7.88. The number of nitro benzene ring substituents is 1. The Kier molecular flexibility index (Phi) is 6.91. The Bertz CT molecular complexity index is 518. The van der Waals surface area contributed by atoms with Crippen LogP contribution in [0.3, 0.4) is 0 Å². The van der Waals surface area contributed by atoms with E-state index in [9.17, 15) is 18.5 Å². The minimum absolute atomic E-state index is 0. The maximum absolute atomic E-state index is 11.7. The van der Waals surface area contributed by atoms with Gasteiger partial charge in [0.2, 0.25) is 10.0 Å². The first kappa shape index (κ1) is 17.8. The van der Waals surface area contributed by atoms with Gasteiger partial charge in [-0.05, 0) is 12.5 Å². The Morgan fingerprint density at radius 1 is 1.37 bits per heavy atom. The van der Waals surface area contributed by atoms with Crippen molar-refractivity contribution >= 4 is 28.1 Å². The number of non-ortho nitro benzene ring substituents is 1. The zero-order valence-corrected chi connectivity index (χ0v) is 11.9. The Balaban J connectivity index is 0.00000324. The molecule has 0 fully saturated rings. The van der Waals surface area contributed by atoms with E-state index >= 15 is 0 Å². The summed E-state index contributed by atoms with van der Waals surface area (Å²) in [5.41, 5.74) is 5.74. The van der Waals surface area contributed by atoms with Gasteiger partial charge in [-0.1, -0.05) is 12.1 Å². The highest BCUT2D eigenvalue weighted by Crippen LogP contribution is 2.13. The number of sulfonamides is 1. The molecule has 0 radical (unpaired) electrons. The first-order valence-electron chi connectivity index (χ1n) is 5.27. The van der Waals surface area contributed by atoms with Crippen molar-refractivity contribution in [1.29, 1.82) is 0 Å². The minimum atomic E-state index is -3.48. The molecule has 0 aliphatic rings. The van der Waals surface area contributed by atoms with Crippen LogP contribution in [0.2, 0.25) is 0 Å². The van der Waals surface area contributed by atoms with Crippen LogP contribution in [0.4, 0.5) is 5.69 Å². The van der Waals surface area contributed by atoms with Crippen molar-refractivity contribution in [2.75, 3.05) is 6.54 Å². The van der Waals surface area contributed by atoms with Gasteiger partial charge in [0.15, 0.2) is 0 Å². The van der Waals surface area contributed by atoms with E-state index in [2.05, 4.69) is 4.72 Å². The summed E-state index contributed by atoms with van der Waals surface area (Å²) in [7, 11) is -3.48. The quantitative estimate of drug-likeness (QED) is 0.595. The average Bonchev–Trinajstić information content (AvgIpc) is 2.28. The van der Waals surface area contributed by atoms with Gasteiger partial charge >= 0.3 is 0 Å². The predicted octanol–water partition coefficient (Wildman–Crippen LogP) is 0.783. The van der Waals surface area contributed by atoms with Crippen LogP contribution in [0, 0.1) is 10.1 Å². The molecule has 108 valence electrons. The van der Waals surface area contributed by atoms with Crippen molar-refractivity contribution in [3.8, 4) is 0 Å². The standard InChI is InChI=1S/C10H15N3O4S.ClH/c1-8(6-11)12-18(16,17)7-9-2-4-10(5-3-9)13(14)15;/h2-5,8,12H,6-7,11H2,1H3;1H/t8-;/m0./s1. The second-order valence-electron chi connectivity index (χ2n) is 3.94. The maximum Gasteiger partial charge on any atom is 0.269 e. The molecule has 19 heavy (non-hydrogen) atoms. The highest BCUT2D eigenvalue weighted by Gasteiger charge is 2.15. The molecule has 0 aliphatic carbocycles. The van der Waals surface area contributed by atoms with Gasteiger partial charge in [-0.15, -0.1) is 12.4 Å². The molecule has 0 unspecified atom stereocenters. The lowest BCUT2D eigenvalue weighted by Crippen LogP contribution is -2.38. The fourth-order valence-corrected chi connectivity index (χ4v) is 2.75. The largest absolute Gasteiger partial charge is 0.329 e. The zero-order chi connectivity index (χ0) is 13.8. The zero-order valence-electron chi connectivity index (χ0n) is 10.3. The Labute approximate surface area is 117 Å². The number of nitrogens with zero attached hydrogens (tertiary/aromatic N) is 1. The minimum Gasteiger partial charge on any atom is -0.329 e. The summed E-state index contributed by atoms with van der Waals surface area (Å²) < 4.78 is 25.8. The molecule has 0 saturated carbocycles. The lowest BCUT2D eigenvalue weighted by atomic mass is 10.2. The molecule has 0 aliphatic heterocycles. The normalized spacial score (nSPS) is 12.5. The summed E-state index contributed by atoms with van der Waals surface area (Å²) >= 11 is 0. The predicted molar refractivity (Wildman–Crippen MR) is 74.6 cm³/mol. The number of halogens is 1. The van der Waals surface area contributed by atoms with Gasteiger partial charge in [0.05, 0.1) is 10.7 Å². The summed E-state index contributed by atoms with van der Waals surface area (Å²) in [6, 6.07) is 5.05.